The van der Waals surface area contributed by atoms with Gasteiger partial charge in [-0.1, -0.05) is 19.6 Å². The third-order valence-electron chi connectivity index (χ3n) is 3.99. The number of halogens is 4. The lowest BCUT2D eigenvalue weighted by Gasteiger charge is -2.15. The molecule has 0 spiro atoms. The summed E-state index contributed by atoms with van der Waals surface area (Å²) in [7, 11) is -4.64. The zero-order valence-corrected chi connectivity index (χ0v) is 19.2. The molecule has 0 amide bonds. The molecule has 1 N–H and O–H groups in total. The van der Waals surface area contributed by atoms with Crippen molar-refractivity contribution in [3.05, 3.63) is 17.0 Å². The SMILES string of the molecule is C[Si](C)(C)CCOCn1cc(C(F)(F)F)c2c(NCCS(C)(=O)=O)nc(Cl)nc21. The van der Waals surface area contributed by atoms with E-state index in [2.05, 4.69) is 34.9 Å². The van der Waals surface area contributed by atoms with Gasteiger partial charge in [-0.15, -0.1) is 0 Å². The molecule has 0 saturated carbocycles. The van der Waals surface area contributed by atoms with E-state index in [0.717, 1.165) is 18.5 Å². The van der Waals surface area contributed by atoms with Gasteiger partial charge < -0.3 is 14.6 Å². The number of anilines is 1. The smallest absolute Gasteiger partial charge is 0.368 e. The average Bonchev–Trinajstić information content (AvgIpc) is 2.88. The highest BCUT2D eigenvalue weighted by molar-refractivity contribution is 7.90. The predicted octanol–water partition coefficient (Wildman–Crippen LogP) is 3.87. The second kappa shape index (κ2) is 8.78. The van der Waals surface area contributed by atoms with E-state index in [1.807, 2.05) is 0 Å². The van der Waals surface area contributed by atoms with Crippen LogP contribution in [-0.2, 0) is 27.5 Å². The van der Waals surface area contributed by atoms with Crippen LogP contribution in [0.25, 0.3) is 11.0 Å². The standard InChI is InChI=1S/C16H24ClF3N4O3SSi/c1-28(25,26)7-5-21-13-12-11(16(18,19)20)9-24(14(12)23-15(17)22-13)10-27-6-8-29(2,3)4/h9H,5-8,10H2,1-4H3,(H,21,22,23). The molecule has 0 aromatic carbocycles. The highest BCUT2D eigenvalue weighted by Crippen LogP contribution is 2.38. The molecule has 0 fully saturated rings. The fraction of sp³-hybridized carbons (Fsp3) is 0.625. The first-order valence-electron chi connectivity index (χ1n) is 8.80. The van der Waals surface area contributed by atoms with E-state index in [1.165, 1.54) is 4.57 Å². The van der Waals surface area contributed by atoms with Crippen LogP contribution in [0.1, 0.15) is 5.56 Å². The number of hydrogen-bond acceptors (Lipinski definition) is 6. The Labute approximate surface area is 173 Å². The molecule has 0 saturated heterocycles. The molecular formula is C16H24ClF3N4O3SSi. The Balaban J connectivity index is 2.38. The number of sulfone groups is 1. The maximum atomic E-state index is 13.6. The highest BCUT2D eigenvalue weighted by atomic mass is 35.5. The van der Waals surface area contributed by atoms with Crippen molar-refractivity contribution < 1.29 is 26.3 Å². The number of hydrogen-bond donors (Lipinski definition) is 1. The summed E-state index contributed by atoms with van der Waals surface area (Å²) in [6.45, 7) is 6.71. The Morgan fingerprint density at radius 2 is 1.93 bits per heavy atom. The number of fused-ring (bicyclic) bond motifs is 1. The third kappa shape index (κ3) is 7.12. The highest BCUT2D eigenvalue weighted by Gasteiger charge is 2.37. The molecule has 2 aromatic rings. The Morgan fingerprint density at radius 1 is 1.28 bits per heavy atom. The van der Waals surface area contributed by atoms with Gasteiger partial charge in [-0.2, -0.15) is 18.2 Å². The van der Waals surface area contributed by atoms with Gasteiger partial charge in [0.2, 0.25) is 5.28 Å². The summed E-state index contributed by atoms with van der Waals surface area (Å²) >= 11 is 5.90. The maximum Gasteiger partial charge on any atom is 0.418 e. The van der Waals surface area contributed by atoms with Crippen LogP contribution in [-0.4, -0.2) is 56.2 Å². The molecule has 0 radical (unpaired) electrons. The molecule has 0 aliphatic carbocycles. The zero-order chi connectivity index (χ0) is 22.0. The van der Waals surface area contributed by atoms with Crippen molar-refractivity contribution >= 4 is 46.4 Å². The summed E-state index contributed by atoms with van der Waals surface area (Å²) in [4.78, 5) is 7.78. The Morgan fingerprint density at radius 3 is 2.48 bits per heavy atom. The van der Waals surface area contributed by atoms with Crippen LogP contribution in [0.15, 0.2) is 6.20 Å². The fourth-order valence-electron chi connectivity index (χ4n) is 2.50. The van der Waals surface area contributed by atoms with Crippen LogP contribution in [0.4, 0.5) is 19.0 Å². The number of nitrogens with one attached hydrogen (secondary N) is 1. The lowest BCUT2D eigenvalue weighted by atomic mass is 10.2. The monoisotopic (exact) mass is 472 g/mol. The predicted molar refractivity (Wildman–Crippen MR) is 110 cm³/mol. The van der Waals surface area contributed by atoms with Crippen molar-refractivity contribution in [2.75, 3.05) is 30.5 Å². The molecule has 2 heterocycles. The van der Waals surface area contributed by atoms with E-state index >= 15 is 0 Å². The van der Waals surface area contributed by atoms with Gasteiger partial charge in [0.05, 0.1) is 16.7 Å². The molecule has 0 bridgehead atoms. The summed E-state index contributed by atoms with van der Waals surface area (Å²) < 4.78 is 70.2. The average molecular weight is 473 g/mol. The second-order valence-corrected chi connectivity index (χ2v) is 16.2. The van der Waals surface area contributed by atoms with E-state index in [0.29, 0.717) is 6.61 Å². The molecule has 164 valence electrons. The molecule has 2 aromatic heterocycles. The number of ether oxygens (including phenoxy) is 1. The van der Waals surface area contributed by atoms with Gasteiger partial charge in [-0.25, -0.2) is 13.4 Å². The summed E-state index contributed by atoms with van der Waals surface area (Å²) in [5, 5.41) is 2.11. The second-order valence-electron chi connectivity index (χ2n) is 7.95. The molecular weight excluding hydrogens is 449 g/mol. The Hall–Kier alpha value is -1.37. The quantitative estimate of drug-likeness (QED) is 0.338. The van der Waals surface area contributed by atoms with E-state index < -0.39 is 29.7 Å². The molecule has 0 aliphatic rings. The van der Waals surface area contributed by atoms with Crippen LogP contribution in [0.2, 0.25) is 31.0 Å². The first kappa shape index (κ1) is 23.9. The molecule has 0 unspecified atom stereocenters. The van der Waals surface area contributed by atoms with Gasteiger partial charge in [0.15, 0.2) is 0 Å². The summed E-state index contributed by atoms with van der Waals surface area (Å²) in [6, 6.07) is 0.867. The fourth-order valence-corrected chi connectivity index (χ4v) is 3.89. The van der Waals surface area contributed by atoms with Crippen molar-refractivity contribution in [2.24, 2.45) is 0 Å². The topological polar surface area (TPSA) is 86.1 Å². The summed E-state index contributed by atoms with van der Waals surface area (Å²) in [5.41, 5.74) is -0.980. The van der Waals surface area contributed by atoms with Crippen molar-refractivity contribution in [3.8, 4) is 0 Å². The van der Waals surface area contributed by atoms with Crippen molar-refractivity contribution in [2.45, 2.75) is 38.6 Å². The van der Waals surface area contributed by atoms with E-state index in [1.54, 1.807) is 0 Å². The number of nitrogens with zero attached hydrogens (tertiary/aromatic N) is 3. The molecule has 7 nitrogen and oxygen atoms in total. The van der Waals surface area contributed by atoms with Crippen LogP contribution in [0.3, 0.4) is 0 Å². The van der Waals surface area contributed by atoms with Crippen LogP contribution < -0.4 is 5.32 Å². The number of aromatic nitrogens is 3. The van der Waals surface area contributed by atoms with Crippen molar-refractivity contribution in [1.29, 1.82) is 0 Å². The Bertz CT molecular complexity index is 974. The molecule has 0 aliphatic heterocycles. The van der Waals surface area contributed by atoms with Crippen LogP contribution >= 0.6 is 11.6 Å². The lowest BCUT2D eigenvalue weighted by molar-refractivity contribution is -0.136. The van der Waals surface area contributed by atoms with Crippen molar-refractivity contribution in [3.63, 3.8) is 0 Å². The minimum absolute atomic E-state index is 0.0350. The molecule has 2 rings (SSSR count). The first-order valence-corrected chi connectivity index (χ1v) is 14.9. The van der Waals surface area contributed by atoms with E-state index in [9.17, 15) is 21.6 Å². The van der Waals surface area contributed by atoms with Gasteiger partial charge in [0.1, 0.15) is 28.0 Å². The normalized spacial score (nSPS) is 13.2. The summed E-state index contributed by atoms with van der Waals surface area (Å²) in [5.74, 6) is -0.436. The zero-order valence-electron chi connectivity index (χ0n) is 16.6. The first-order chi connectivity index (χ1) is 13.2. The van der Waals surface area contributed by atoms with Crippen LogP contribution in [0, 0.1) is 0 Å². The maximum absolute atomic E-state index is 13.6. The minimum atomic E-state index is -4.66. The Kier molecular flexibility index (Phi) is 7.24. The molecule has 29 heavy (non-hydrogen) atoms. The molecule has 13 heteroatoms. The summed E-state index contributed by atoms with van der Waals surface area (Å²) in [6.07, 6.45) is -2.72. The van der Waals surface area contributed by atoms with Gasteiger partial charge in [0.25, 0.3) is 0 Å². The minimum Gasteiger partial charge on any atom is -0.368 e. The molecule has 0 atom stereocenters. The van der Waals surface area contributed by atoms with Crippen molar-refractivity contribution in [1.82, 2.24) is 14.5 Å². The lowest BCUT2D eigenvalue weighted by Crippen LogP contribution is -2.22. The van der Waals surface area contributed by atoms with Gasteiger partial charge in [-0.05, 0) is 17.6 Å². The number of rotatable bonds is 9. The number of alkyl halides is 3. The van der Waals surface area contributed by atoms with Crippen LogP contribution in [0.5, 0.6) is 0 Å². The third-order valence-corrected chi connectivity index (χ3v) is 6.81. The van der Waals surface area contributed by atoms with Gasteiger partial charge in [0, 0.05) is 33.7 Å². The largest absolute Gasteiger partial charge is 0.418 e. The van der Waals surface area contributed by atoms with E-state index in [4.69, 9.17) is 16.3 Å². The van der Waals surface area contributed by atoms with E-state index in [-0.39, 0.29) is 41.2 Å². The van der Waals surface area contributed by atoms with Gasteiger partial charge in [-0.3, -0.25) is 0 Å². The van der Waals surface area contributed by atoms with Gasteiger partial charge >= 0.3 is 6.18 Å².